The standard InChI is InChI=1S/C11H14O3Si/c1-15(2,8-6-4-3-5-7-8)11-9(14-11)10(12)13/h3-7,9,11H,1-2H3,(H,12,13)/t9-,11+/m1/s1. The van der Waals surface area contributed by atoms with Crippen molar-refractivity contribution in [3.05, 3.63) is 30.3 Å². The molecule has 1 fully saturated rings. The second-order valence-electron chi connectivity index (χ2n) is 4.40. The van der Waals surface area contributed by atoms with Gasteiger partial charge >= 0.3 is 5.97 Å². The minimum Gasteiger partial charge on any atom is -0.479 e. The SMILES string of the molecule is C[Si](C)(c1ccccc1)[C@@H]1O[C@@H]1C(=O)O. The van der Waals surface area contributed by atoms with Crippen LogP contribution in [-0.2, 0) is 9.53 Å². The number of ether oxygens (including phenoxy) is 1. The van der Waals surface area contributed by atoms with Crippen LogP contribution in [0.15, 0.2) is 30.3 Å². The molecule has 2 atom stereocenters. The highest BCUT2D eigenvalue weighted by atomic mass is 28.3. The number of hydrogen-bond donors (Lipinski definition) is 1. The van der Waals surface area contributed by atoms with Crippen LogP contribution in [0.2, 0.25) is 13.1 Å². The van der Waals surface area contributed by atoms with E-state index in [1.165, 1.54) is 5.19 Å². The van der Waals surface area contributed by atoms with Crippen LogP contribution >= 0.6 is 0 Å². The Morgan fingerprint density at radius 3 is 2.40 bits per heavy atom. The fourth-order valence-electron chi connectivity index (χ4n) is 1.88. The van der Waals surface area contributed by atoms with E-state index in [2.05, 4.69) is 25.2 Å². The molecule has 0 aliphatic carbocycles. The molecule has 0 unspecified atom stereocenters. The molecule has 1 aliphatic heterocycles. The molecule has 80 valence electrons. The zero-order valence-corrected chi connectivity index (χ0v) is 9.81. The molecule has 1 N–H and O–H groups in total. The molecule has 0 bridgehead atoms. The largest absolute Gasteiger partial charge is 0.479 e. The van der Waals surface area contributed by atoms with Crippen molar-refractivity contribution in [3.63, 3.8) is 0 Å². The summed E-state index contributed by atoms with van der Waals surface area (Å²) in [6, 6.07) is 10.1. The van der Waals surface area contributed by atoms with Crippen molar-refractivity contribution in [2.45, 2.75) is 24.9 Å². The number of carbonyl (C=O) groups is 1. The average Bonchev–Trinajstić information content (AvgIpc) is 2.99. The highest BCUT2D eigenvalue weighted by Gasteiger charge is 2.55. The number of carboxylic acids is 1. The zero-order chi connectivity index (χ0) is 11.1. The van der Waals surface area contributed by atoms with Crippen molar-refractivity contribution >= 4 is 19.2 Å². The summed E-state index contributed by atoms with van der Waals surface area (Å²) < 4.78 is 5.26. The van der Waals surface area contributed by atoms with E-state index in [1.807, 2.05) is 18.2 Å². The number of carboxylic acid groups (broad SMARTS) is 1. The lowest BCUT2D eigenvalue weighted by Crippen LogP contribution is -2.48. The van der Waals surface area contributed by atoms with Gasteiger partial charge < -0.3 is 9.84 Å². The van der Waals surface area contributed by atoms with Gasteiger partial charge in [0.15, 0.2) is 6.10 Å². The Labute approximate surface area is 89.7 Å². The van der Waals surface area contributed by atoms with Crippen LogP contribution in [0.3, 0.4) is 0 Å². The second-order valence-corrected chi connectivity index (χ2v) is 8.99. The predicted octanol–water partition coefficient (Wildman–Crippen LogP) is 0.993. The van der Waals surface area contributed by atoms with Gasteiger partial charge in [-0.05, 0) is 0 Å². The van der Waals surface area contributed by atoms with Gasteiger partial charge in [0.25, 0.3) is 0 Å². The molecule has 2 rings (SSSR count). The van der Waals surface area contributed by atoms with E-state index in [0.717, 1.165) is 0 Å². The number of epoxide rings is 1. The van der Waals surface area contributed by atoms with Crippen LogP contribution in [0.5, 0.6) is 0 Å². The second kappa shape index (κ2) is 3.47. The van der Waals surface area contributed by atoms with Crippen LogP contribution in [-0.4, -0.2) is 31.0 Å². The fourth-order valence-corrected chi connectivity index (χ4v) is 4.65. The zero-order valence-electron chi connectivity index (χ0n) is 8.81. The van der Waals surface area contributed by atoms with Gasteiger partial charge in [-0.25, -0.2) is 4.79 Å². The van der Waals surface area contributed by atoms with Crippen LogP contribution in [0, 0.1) is 0 Å². The molecule has 0 radical (unpaired) electrons. The van der Waals surface area contributed by atoms with Gasteiger partial charge in [-0.15, -0.1) is 0 Å². The molecular formula is C11H14O3Si. The first-order chi connectivity index (χ1) is 7.03. The van der Waals surface area contributed by atoms with Crippen LogP contribution in [0.25, 0.3) is 0 Å². The quantitative estimate of drug-likeness (QED) is 0.613. The molecule has 0 amide bonds. The summed E-state index contributed by atoms with van der Waals surface area (Å²) in [5, 5.41) is 10.1. The first-order valence-electron chi connectivity index (χ1n) is 4.97. The summed E-state index contributed by atoms with van der Waals surface area (Å²) >= 11 is 0. The van der Waals surface area contributed by atoms with Gasteiger partial charge in [0.1, 0.15) is 8.07 Å². The van der Waals surface area contributed by atoms with E-state index in [4.69, 9.17) is 9.84 Å². The maximum Gasteiger partial charge on any atom is 0.335 e. The first-order valence-corrected chi connectivity index (χ1v) is 8.05. The third kappa shape index (κ3) is 1.82. The molecule has 1 aromatic carbocycles. The van der Waals surface area contributed by atoms with Crippen molar-refractivity contribution in [2.24, 2.45) is 0 Å². The Balaban J connectivity index is 2.19. The topological polar surface area (TPSA) is 49.8 Å². The monoisotopic (exact) mass is 222 g/mol. The maximum absolute atomic E-state index is 10.7. The number of benzene rings is 1. The van der Waals surface area contributed by atoms with Crippen molar-refractivity contribution in [2.75, 3.05) is 0 Å². The third-order valence-electron chi connectivity index (χ3n) is 2.96. The number of rotatable bonds is 3. The molecule has 1 saturated heterocycles. The Morgan fingerprint density at radius 2 is 1.93 bits per heavy atom. The van der Waals surface area contributed by atoms with E-state index < -0.39 is 20.1 Å². The van der Waals surface area contributed by atoms with E-state index in [1.54, 1.807) is 0 Å². The van der Waals surface area contributed by atoms with E-state index >= 15 is 0 Å². The highest BCUT2D eigenvalue weighted by Crippen LogP contribution is 2.31. The molecule has 1 aliphatic rings. The Hall–Kier alpha value is -1.13. The van der Waals surface area contributed by atoms with Crippen molar-refractivity contribution in [3.8, 4) is 0 Å². The van der Waals surface area contributed by atoms with Gasteiger partial charge in [0, 0.05) is 0 Å². The average molecular weight is 222 g/mol. The molecule has 0 saturated carbocycles. The molecule has 1 heterocycles. The maximum atomic E-state index is 10.7. The summed E-state index contributed by atoms with van der Waals surface area (Å²) in [6.07, 6.45) is -0.577. The normalized spacial score (nSPS) is 24.9. The number of hydrogen-bond acceptors (Lipinski definition) is 2. The molecule has 4 heteroatoms. The summed E-state index contributed by atoms with van der Waals surface area (Å²) in [6.45, 7) is 4.30. The molecular weight excluding hydrogens is 208 g/mol. The van der Waals surface area contributed by atoms with Crippen LogP contribution < -0.4 is 5.19 Å². The van der Waals surface area contributed by atoms with E-state index in [0.29, 0.717) is 0 Å². The molecule has 3 nitrogen and oxygen atoms in total. The number of aliphatic carboxylic acids is 1. The Morgan fingerprint density at radius 1 is 1.33 bits per heavy atom. The summed E-state index contributed by atoms with van der Waals surface area (Å²) in [5.74, 6) is -0.837. The smallest absolute Gasteiger partial charge is 0.335 e. The lowest BCUT2D eigenvalue weighted by molar-refractivity contribution is -0.138. The molecule has 0 aromatic heterocycles. The minimum absolute atomic E-state index is 0.0719. The van der Waals surface area contributed by atoms with Crippen molar-refractivity contribution < 1.29 is 14.6 Å². The lowest BCUT2D eigenvalue weighted by Gasteiger charge is -2.19. The first kappa shape index (κ1) is 10.4. The van der Waals surface area contributed by atoms with Crippen molar-refractivity contribution in [1.29, 1.82) is 0 Å². The molecule has 15 heavy (non-hydrogen) atoms. The summed E-state index contributed by atoms with van der Waals surface area (Å²) in [4.78, 5) is 10.7. The predicted molar refractivity (Wildman–Crippen MR) is 59.9 cm³/mol. The molecule has 0 spiro atoms. The van der Waals surface area contributed by atoms with Gasteiger partial charge in [0.2, 0.25) is 0 Å². The van der Waals surface area contributed by atoms with E-state index in [-0.39, 0.29) is 5.73 Å². The van der Waals surface area contributed by atoms with Crippen LogP contribution in [0.4, 0.5) is 0 Å². The fraction of sp³-hybridized carbons (Fsp3) is 0.364. The minimum atomic E-state index is -1.77. The van der Waals surface area contributed by atoms with E-state index in [9.17, 15) is 4.79 Å². The third-order valence-corrected chi connectivity index (χ3v) is 6.65. The highest BCUT2D eigenvalue weighted by molar-refractivity contribution is 6.91. The van der Waals surface area contributed by atoms with Crippen LogP contribution in [0.1, 0.15) is 0 Å². The van der Waals surface area contributed by atoms with Crippen molar-refractivity contribution in [1.82, 2.24) is 0 Å². The summed E-state index contributed by atoms with van der Waals surface area (Å²) in [7, 11) is -1.77. The molecule has 1 aromatic rings. The van der Waals surface area contributed by atoms with Gasteiger partial charge in [0.05, 0.1) is 5.73 Å². The van der Waals surface area contributed by atoms with Gasteiger partial charge in [-0.2, -0.15) is 0 Å². The van der Waals surface area contributed by atoms with Gasteiger partial charge in [-0.3, -0.25) is 0 Å². The Bertz CT molecular complexity index is 375. The summed E-state index contributed by atoms with van der Waals surface area (Å²) in [5.41, 5.74) is -0.0719. The van der Waals surface area contributed by atoms with Gasteiger partial charge in [-0.1, -0.05) is 48.6 Å². The Kier molecular flexibility index (Phi) is 2.40. The lowest BCUT2D eigenvalue weighted by atomic mass is 10.4.